The van der Waals surface area contributed by atoms with Gasteiger partial charge >= 0.3 is 6.03 Å². The standard InChI is InChI=1S/C26H29N7O3/c1-2-28-26(35)29-20-5-3-18(4-6-20)23-30-22-17-33(25(34)19-7-10-27-11-8-19)12-9-21(22)24(31-23)32-13-15-36-16-14-32/h3-8,10-11H,2,9,12-17H2,1H3,(H2,28,29,35). The topological polar surface area (TPSA) is 113 Å². The molecular formula is C26H29N7O3. The van der Waals surface area contributed by atoms with Crippen molar-refractivity contribution in [1.29, 1.82) is 0 Å². The average molecular weight is 488 g/mol. The summed E-state index contributed by atoms with van der Waals surface area (Å²) in [7, 11) is 0. The Morgan fingerprint density at radius 3 is 2.47 bits per heavy atom. The van der Waals surface area contributed by atoms with Crippen LogP contribution in [0.1, 0.15) is 28.5 Å². The molecule has 36 heavy (non-hydrogen) atoms. The van der Waals surface area contributed by atoms with Crippen molar-refractivity contribution < 1.29 is 14.3 Å². The summed E-state index contributed by atoms with van der Waals surface area (Å²) >= 11 is 0. The summed E-state index contributed by atoms with van der Waals surface area (Å²) in [4.78, 5) is 42.9. The van der Waals surface area contributed by atoms with E-state index in [-0.39, 0.29) is 11.9 Å². The first kappa shape index (κ1) is 23.7. The first-order chi connectivity index (χ1) is 17.6. The highest BCUT2D eigenvalue weighted by atomic mass is 16.5. The number of hydrogen-bond acceptors (Lipinski definition) is 7. The zero-order valence-electron chi connectivity index (χ0n) is 20.2. The number of nitrogens with one attached hydrogen (secondary N) is 2. The molecule has 5 rings (SSSR count). The molecule has 1 saturated heterocycles. The Bertz CT molecular complexity index is 1230. The number of amides is 3. The third kappa shape index (κ3) is 5.13. The Hall–Kier alpha value is -4.05. The van der Waals surface area contributed by atoms with Crippen molar-refractivity contribution in [2.24, 2.45) is 0 Å². The quantitative estimate of drug-likeness (QED) is 0.569. The lowest BCUT2D eigenvalue weighted by molar-refractivity contribution is 0.0731. The van der Waals surface area contributed by atoms with Crippen LogP contribution in [-0.2, 0) is 17.7 Å². The zero-order valence-corrected chi connectivity index (χ0v) is 20.2. The first-order valence-electron chi connectivity index (χ1n) is 12.2. The molecule has 0 radical (unpaired) electrons. The minimum atomic E-state index is -0.246. The predicted octanol–water partition coefficient (Wildman–Crippen LogP) is 2.72. The van der Waals surface area contributed by atoms with Gasteiger partial charge in [-0.25, -0.2) is 14.8 Å². The van der Waals surface area contributed by atoms with E-state index < -0.39 is 0 Å². The number of hydrogen-bond donors (Lipinski definition) is 2. The Morgan fingerprint density at radius 1 is 1.00 bits per heavy atom. The van der Waals surface area contributed by atoms with Crippen LogP contribution in [0.15, 0.2) is 48.8 Å². The van der Waals surface area contributed by atoms with Gasteiger partial charge in [-0.15, -0.1) is 0 Å². The lowest BCUT2D eigenvalue weighted by atomic mass is 10.0. The van der Waals surface area contributed by atoms with Gasteiger partial charge in [-0.05, 0) is 49.7 Å². The maximum atomic E-state index is 13.1. The number of aromatic nitrogens is 3. The van der Waals surface area contributed by atoms with Crippen LogP contribution < -0.4 is 15.5 Å². The van der Waals surface area contributed by atoms with Crippen molar-refractivity contribution in [3.05, 3.63) is 65.6 Å². The van der Waals surface area contributed by atoms with Crippen LogP contribution in [0, 0.1) is 0 Å². The molecule has 10 nitrogen and oxygen atoms in total. The summed E-state index contributed by atoms with van der Waals surface area (Å²) in [5.41, 5.74) is 4.09. The van der Waals surface area contributed by atoms with Crippen LogP contribution in [0.3, 0.4) is 0 Å². The highest BCUT2D eigenvalue weighted by Gasteiger charge is 2.28. The highest BCUT2D eigenvalue weighted by molar-refractivity contribution is 5.94. The Morgan fingerprint density at radius 2 is 1.75 bits per heavy atom. The number of ether oxygens (including phenoxy) is 1. The molecule has 3 aromatic rings. The van der Waals surface area contributed by atoms with Gasteiger partial charge in [0.05, 0.1) is 25.5 Å². The van der Waals surface area contributed by atoms with Crippen LogP contribution in [0.2, 0.25) is 0 Å². The van der Waals surface area contributed by atoms with Gasteiger partial charge < -0.3 is 25.2 Å². The molecule has 3 amide bonds. The minimum absolute atomic E-state index is 0.0306. The van der Waals surface area contributed by atoms with E-state index in [9.17, 15) is 9.59 Å². The smallest absolute Gasteiger partial charge is 0.319 e. The Labute approximate surface area is 209 Å². The normalized spacial score (nSPS) is 15.2. The second-order valence-corrected chi connectivity index (χ2v) is 8.67. The average Bonchev–Trinajstić information content (AvgIpc) is 2.93. The van der Waals surface area contributed by atoms with Crippen molar-refractivity contribution in [3.63, 3.8) is 0 Å². The fraction of sp³-hybridized carbons (Fsp3) is 0.346. The van der Waals surface area contributed by atoms with Crippen molar-refractivity contribution in [1.82, 2.24) is 25.2 Å². The molecule has 0 spiro atoms. The van der Waals surface area contributed by atoms with Crippen LogP contribution >= 0.6 is 0 Å². The molecule has 2 aliphatic rings. The van der Waals surface area contributed by atoms with Crippen molar-refractivity contribution in [3.8, 4) is 11.4 Å². The predicted molar refractivity (Wildman–Crippen MR) is 136 cm³/mol. The van der Waals surface area contributed by atoms with Gasteiger partial charge in [0.1, 0.15) is 5.82 Å². The van der Waals surface area contributed by atoms with Gasteiger partial charge in [-0.2, -0.15) is 0 Å². The number of nitrogens with zero attached hydrogens (tertiary/aromatic N) is 5. The van der Waals surface area contributed by atoms with Gasteiger partial charge in [-0.3, -0.25) is 9.78 Å². The van der Waals surface area contributed by atoms with Crippen LogP contribution in [0.4, 0.5) is 16.3 Å². The number of carbonyl (C=O) groups excluding carboxylic acids is 2. The van der Waals surface area contributed by atoms with E-state index in [1.807, 2.05) is 36.1 Å². The number of carbonyl (C=O) groups is 2. The lowest BCUT2D eigenvalue weighted by Crippen LogP contribution is -2.41. The molecule has 10 heteroatoms. The molecule has 0 atom stereocenters. The molecule has 2 N–H and O–H groups in total. The van der Waals surface area contributed by atoms with Gasteiger partial charge in [0.15, 0.2) is 5.82 Å². The molecule has 2 aromatic heterocycles. The summed E-state index contributed by atoms with van der Waals surface area (Å²) in [5, 5.41) is 5.52. The van der Waals surface area contributed by atoms with E-state index in [4.69, 9.17) is 14.7 Å². The number of urea groups is 1. The number of pyridine rings is 1. The largest absolute Gasteiger partial charge is 0.378 e. The van der Waals surface area contributed by atoms with Gasteiger partial charge in [-0.1, -0.05) is 0 Å². The third-order valence-electron chi connectivity index (χ3n) is 6.31. The molecule has 0 bridgehead atoms. The number of rotatable bonds is 5. The first-order valence-corrected chi connectivity index (χ1v) is 12.2. The van der Waals surface area contributed by atoms with Gasteiger partial charge in [0, 0.05) is 61.0 Å². The van der Waals surface area contributed by atoms with Crippen molar-refractivity contribution in [2.45, 2.75) is 19.9 Å². The molecule has 0 saturated carbocycles. The third-order valence-corrected chi connectivity index (χ3v) is 6.31. The van der Waals surface area contributed by atoms with E-state index in [0.717, 1.165) is 35.7 Å². The van der Waals surface area contributed by atoms with Gasteiger partial charge in [0.2, 0.25) is 0 Å². The molecule has 4 heterocycles. The summed E-state index contributed by atoms with van der Waals surface area (Å²) in [6.45, 7) is 6.28. The second-order valence-electron chi connectivity index (χ2n) is 8.67. The Balaban J connectivity index is 1.46. The zero-order chi connectivity index (χ0) is 24.9. The minimum Gasteiger partial charge on any atom is -0.378 e. The van der Waals surface area contributed by atoms with E-state index in [2.05, 4.69) is 20.5 Å². The summed E-state index contributed by atoms with van der Waals surface area (Å²) in [6, 6.07) is 10.7. The number of anilines is 2. The van der Waals surface area contributed by atoms with E-state index in [0.29, 0.717) is 56.3 Å². The summed E-state index contributed by atoms with van der Waals surface area (Å²) in [6.07, 6.45) is 3.95. The number of benzene rings is 1. The molecule has 0 unspecified atom stereocenters. The molecule has 1 aromatic carbocycles. The molecule has 0 aliphatic carbocycles. The van der Waals surface area contributed by atoms with Gasteiger partial charge in [0.25, 0.3) is 5.91 Å². The van der Waals surface area contributed by atoms with Crippen LogP contribution in [0.25, 0.3) is 11.4 Å². The van der Waals surface area contributed by atoms with E-state index >= 15 is 0 Å². The highest BCUT2D eigenvalue weighted by Crippen LogP contribution is 2.31. The van der Waals surface area contributed by atoms with E-state index in [1.165, 1.54) is 0 Å². The SMILES string of the molecule is CCNC(=O)Nc1ccc(-c2nc3c(c(N4CCOCC4)n2)CCN(C(=O)c2ccncc2)C3)cc1. The molecule has 186 valence electrons. The second kappa shape index (κ2) is 10.7. The molecule has 2 aliphatic heterocycles. The summed E-state index contributed by atoms with van der Waals surface area (Å²) < 4.78 is 5.56. The van der Waals surface area contributed by atoms with Crippen LogP contribution in [-0.4, -0.2) is 71.2 Å². The lowest BCUT2D eigenvalue weighted by Gasteiger charge is -2.34. The fourth-order valence-corrected chi connectivity index (χ4v) is 4.47. The maximum absolute atomic E-state index is 13.1. The van der Waals surface area contributed by atoms with Crippen molar-refractivity contribution >= 4 is 23.4 Å². The van der Waals surface area contributed by atoms with Crippen LogP contribution in [0.5, 0.6) is 0 Å². The van der Waals surface area contributed by atoms with Crippen molar-refractivity contribution in [2.75, 3.05) is 49.6 Å². The molecular weight excluding hydrogens is 458 g/mol. The maximum Gasteiger partial charge on any atom is 0.319 e. The number of fused-ring (bicyclic) bond motifs is 1. The fourth-order valence-electron chi connectivity index (χ4n) is 4.47. The van der Waals surface area contributed by atoms with E-state index in [1.54, 1.807) is 24.5 Å². The monoisotopic (exact) mass is 487 g/mol. The summed E-state index contributed by atoms with van der Waals surface area (Å²) in [5.74, 6) is 1.48. The molecule has 1 fully saturated rings. The number of morpholine rings is 1. The Kier molecular flexibility index (Phi) is 7.03.